The lowest BCUT2D eigenvalue weighted by Gasteiger charge is -2.23. The maximum absolute atomic E-state index is 3.58. The van der Waals surface area contributed by atoms with E-state index in [0.29, 0.717) is 5.92 Å². The van der Waals surface area contributed by atoms with Crippen molar-refractivity contribution in [3.8, 4) is 0 Å². The highest BCUT2D eigenvalue weighted by atomic mass is 79.9. The summed E-state index contributed by atoms with van der Waals surface area (Å²) >= 11 is 3.58. The Balaban J connectivity index is 2.76. The number of hydrogen-bond donors (Lipinski definition) is 1. The number of nitrogens with one attached hydrogen (secondary N) is 1. The maximum atomic E-state index is 3.58. The van der Waals surface area contributed by atoms with Crippen LogP contribution in [0.4, 0.5) is 0 Å². The maximum Gasteiger partial charge on any atom is 0.0178 e. The topological polar surface area (TPSA) is 12.0 Å². The van der Waals surface area contributed by atoms with Crippen molar-refractivity contribution >= 4 is 15.9 Å². The van der Waals surface area contributed by atoms with Crippen molar-refractivity contribution in [2.24, 2.45) is 5.92 Å². The van der Waals surface area contributed by atoms with Gasteiger partial charge in [0.25, 0.3) is 0 Å². The van der Waals surface area contributed by atoms with E-state index in [1.807, 2.05) is 0 Å². The molecule has 0 saturated carbocycles. The smallest absolute Gasteiger partial charge is 0.0178 e. The molecule has 102 valence electrons. The van der Waals surface area contributed by atoms with Gasteiger partial charge in [0.1, 0.15) is 0 Å². The van der Waals surface area contributed by atoms with Crippen LogP contribution in [-0.4, -0.2) is 13.1 Å². The summed E-state index contributed by atoms with van der Waals surface area (Å²) in [5.41, 5.74) is 1.46. The molecule has 1 unspecified atom stereocenters. The van der Waals surface area contributed by atoms with Crippen molar-refractivity contribution in [2.75, 3.05) is 13.1 Å². The standard InChI is InChI=1S/C16H26BrN/c1-4-13(5-2)10-15(12-18-6-3)14-8-7-9-16(17)11-14/h7-9,11,13,15,18H,4-6,10,12H2,1-3H3. The molecule has 1 atom stereocenters. The first-order valence-electron chi connectivity index (χ1n) is 7.17. The minimum atomic E-state index is 0.632. The lowest BCUT2D eigenvalue weighted by molar-refractivity contribution is 0.400. The lowest BCUT2D eigenvalue weighted by atomic mass is 9.86. The van der Waals surface area contributed by atoms with Gasteiger partial charge in [-0.05, 0) is 42.5 Å². The summed E-state index contributed by atoms with van der Waals surface area (Å²) in [6.45, 7) is 8.92. The van der Waals surface area contributed by atoms with Gasteiger partial charge in [-0.25, -0.2) is 0 Å². The zero-order valence-electron chi connectivity index (χ0n) is 11.9. The Hall–Kier alpha value is -0.340. The Morgan fingerprint density at radius 1 is 1.17 bits per heavy atom. The van der Waals surface area contributed by atoms with Gasteiger partial charge in [0.2, 0.25) is 0 Å². The summed E-state index contributed by atoms with van der Waals surface area (Å²) in [6.07, 6.45) is 3.86. The van der Waals surface area contributed by atoms with Crippen molar-refractivity contribution < 1.29 is 0 Å². The minimum absolute atomic E-state index is 0.632. The Bertz CT molecular complexity index is 334. The Labute approximate surface area is 120 Å². The second kappa shape index (κ2) is 8.71. The Morgan fingerprint density at radius 2 is 1.89 bits per heavy atom. The van der Waals surface area contributed by atoms with Gasteiger partial charge in [0, 0.05) is 11.0 Å². The highest BCUT2D eigenvalue weighted by Gasteiger charge is 2.16. The Morgan fingerprint density at radius 3 is 2.44 bits per heavy atom. The van der Waals surface area contributed by atoms with E-state index in [9.17, 15) is 0 Å². The molecular weight excluding hydrogens is 286 g/mol. The normalized spacial score (nSPS) is 12.9. The molecule has 0 amide bonds. The van der Waals surface area contributed by atoms with Crippen molar-refractivity contribution in [3.05, 3.63) is 34.3 Å². The number of rotatable bonds is 8. The van der Waals surface area contributed by atoms with Gasteiger partial charge in [-0.2, -0.15) is 0 Å². The zero-order valence-corrected chi connectivity index (χ0v) is 13.5. The molecular formula is C16H26BrN. The van der Waals surface area contributed by atoms with Gasteiger partial charge in [0.15, 0.2) is 0 Å². The number of likely N-dealkylation sites (N-methyl/N-ethyl adjacent to an activating group) is 1. The molecule has 1 N–H and O–H groups in total. The predicted octanol–water partition coefficient (Wildman–Crippen LogP) is 4.97. The fourth-order valence-electron chi connectivity index (χ4n) is 2.44. The molecule has 1 aromatic rings. The highest BCUT2D eigenvalue weighted by Crippen LogP contribution is 2.28. The van der Waals surface area contributed by atoms with E-state index in [-0.39, 0.29) is 0 Å². The molecule has 0 bridgehead atoms. The van der Waals surface area contributed by atoms with Crippen LogP contribution in [0.25, 0.3) is 0 Å². The summed E-state index contributed by atoms with van der Waals surface area (Å²) < 4.78 is 1.19. The van der Waals surface area contributed by atoms with Crippen LogP contribution in [0.15, 0.2) is 28.7 Å². The molecule has 0 aliphatic carbocycles. The first kappa shape index (κ1) is 15.7. The quantitative estimate of drug-likeness (QED) is 0.715. The molecule has 0 fully saturated rings. The predicted molar refractivity (Wildman–Crippen MR) is 84.1 cm³/mol. The molecule has 1 rings (SSSR count). The second-order valence-electron chi connectivity index (χ2n) is 4.98. The van der Waals surface area contributed by atoms with Crippen molar-refractivity contribution in [3.63, 3.8) is 0 Å². The first-order chi connectivity index (χ1) is 8.71. The van der Waals surface area contributed by atoms with Gasteiger partial charge in [-0.1, -0.05) is 61.7 Å². The van der Waals surface area contributed by atoms with Crippen LogP contribution in [0.3, 0.4) is 0 Å². The summed E-state index contributed by atoms with van der Waals surface area (Å²) in [4.78, 5) is 0. The number of benzene rings is 1. The van der Waals surface area contributed by atoms with E-state index in [0.717, 1.165) is 19.0 Å². The average Bonchev–Trinajstić information content (AvgIpc) is 2.39. The minimum Gasteiger partial charge on any atom is -0.316 e. The van der Waals surface area contributed by atoms with E-state index >= 15 is 0 Å². The van der Waals surface area contributed by atoms with Crippen LogP contribution in [-0.2, 0) is 0 Å². The molecule has 2 heteroatoms. The van der Waals surface area contributed by atoms with Crippen LogP contribution in [0.5, 0.6) is 0 Å². The third-order valence-electron chi connectivity index (χ3n) is 3.73. The molecule has 0 heterocycles. The number of hydrogen-bond acceptors (Lipinski definition) is 1. The third kappa shape index (κ3) is 5.11. The van der Waals surface area contributed by atoms with Gasteiger partial charge in [-0.15, -0.1) is 0 Å². The summed E-state index contributed by atoms with van der Waals surface area (Å²) in [5, 5.41) is 3.50. The molecule has 1 aromatic carbocycles. The van der Waals surface area contributed by atoms with Gasteiger partial charge >= 0.3 is 0 Å². The molecule has 18 heavy (non-hydrogen) atoms. The van der Waals surface area contributed by atoms with Gasteiger partial charge in [-0.3, -0.25) is 0 Å². The summed E-state index contributed by atoms with van der Waals surface area (Å²) in [6, 6.07) is 8.77. The van der Waals surface area contributed by atoms with Crippen LogP contribution < -0.4 is 5.32 Å². The largest absolute Gasteiger partial charge is 0.316 e. The van der Waals surface area contributed by atoms with Gasteiger partial charge < -0.3 is 5.32 Å². The van der Waals surface area contributed by atoms with Crippen molar-refractivity contribution in [2.45, 2.75) is 46.0 Å². The Kier molecular flexibility index (Phi) is 7.60. The zero-order chi connectivity index (χ0) is 13.4. The second-order valence-corrected chi connectivity index (χ2v) is 5.89. The molecule has 0 aliphatic rings. The van der Waals surface area contributed by atoms with E-state index in [1.165, 1.54) is 29.3 Å². The summed E-state index contributed by atoms with van der Waals surface area (Å²) in [7, 11) is 0. The molecule has 0 aromatic heterocycles. The van der Waals surface area contributed by atoms with Crippen molar-refractivity contribution in [1.82, 2.24) is 5.32 Å². The third-order valence-corrected chi connectivity index (χ3v) is 4.23. The van der Waals surface area contributed by atoms with Crippen LogP contribution in [0, 0.1) is 5.92 Å². The highest BCUT2D eigenvalue weighted by molar-refractivity contribution is 9.10. The average molecular weight is 312 g/mol. The van der Waals surface area contributed by atoms with E-state index in [4.69, 9.17) is 0 Å². The first-order valence-corrected chi connectivity index (χ1v) is 7.96. The fourth-order valence-corrected chi connectivity index (χ4v) is 2.86. The molecule has 0 radical (unpaired) electrons. The van der Waals surface area contributed by atoms with Crippen LogP contribution in [0.1, 0.15) is 51.5 Å². The lowest BCUT2D eigenvalue weighted by Crippen LogP contribution is -2.23. The SMILES string of the molecule is CCNCC(CC(CC)CC)c1cccc(Br)c1. The van der Waals surface area contributed by atoms with Crippen LogP contribution in [0.2, 0.25) is 0 Å². The monoisotopic (exact) mass is 311 g/mol. The van der Waals surface area contributed by atoms with E-state index in [1.54, 1.807) is 0 Å². The van der Waals surface area contributed by atoms with E-state index < -0.39 is 0 Å². The summed E-state index contributed by atoms with van der Waals surface area (Å²) in [5.74, 6) is 1.47. The van der Waals surface area contributed by atoms with Crippen molar-refractivity contribution in [1.29, 1.82) is 0 Å². The molecule has 0 spiro atoms. The number of halogens is 1. The van der Waals surface area contributed by atoms with Gasteiger partial charge in [0.05, 0.1) is 0 Å². The molecule has 0 aliphatic heterocycles. The van der Waals surface area contributed by atoms with Crippen LogP contribution >= 0.6 is 15.9 Å². The fraction of sp³-hybridized carbons (Fsp3) is 0.625. The molecule has 1 nitrogen and oxygen atoms in total. The molecule has 0 saturated heterocycles. The van der Waals surface area contributed by atoms with E-state index in [2.05, 4.69) is 66.3 Å².